The van der Waals surface area contributed by atoms with Crippen molar-refractivity contribution in [3.8, 4) is 0 Å². The molecule has 0 heterocycles. The van der Waals surface area contributed by atoms with Gasteiger partial charge in [0.25, 0.3) is 0 Å². The summed E-state index contributed by atoms with van der Waals surface area (Å²) >= 11 is 1.60. The number of thioether (sulfide) groups is 1. The number of nitrogens with one attached hydrogen (secondary N) is 1. The minimum atomic E-state index is -0.0678. The van der Waals surface area contributed by atoms with Gasteiger partial charge in [0.05, 0.1) is 5.25 Å². The number of carbonyl (C=O) groups is 1. The fourth-order valence-corrected chi connectivity index (χ4v) is 3.07. The third-order valence-electron chi connectivity index (χ3n) is 3.49. The van der Waals surface area contributed by atoms with E-state index in [0.717, 1.165) is 24.3 Å². The van der Waals surface area contributed by atoms with Gasteiger partial charge in [-0.15, -0.1) is 11.8 Å². The summed E-state index contributed by atoms with van der Waals surface area (Å²) in [7, 11) is 0. The molecule has 3 heteroatoms. The fourth-order valence-electron chi connectivity index (χ4n) is 2.16. The van der Waals surface area contributed by atoms with Crippen molar-refractivity contribution in [2.45, 2.75) is 36.8 Å². The summed E-state index contributed by atoms with van der Waals surface area (Å²) in [6, 6.07) is 18.6. The van der Waals surface area contributed by atoms with Gasteiger partial charge in [-0.05, 0) is 44.4 Å². The van der Waals surface area contributed by atoms with Crippen molar-refractivity contribution in [1.29, 1.82) is 0 Å². The summed E-state index contributed by atoms with van der Waals surface area (Å²) in [6.45, 7) is 4.77. The lowest BCUT2D eigenvalue weighted by Crippen LogP contribution is -2.31. The average Bonchev–Trinajstić information content (AvgIpc) is 2.54. The number of aryl methyl sites for hydroxylation is 2. The van der Waals surface area contributed by atoms with Crippen molar-refractivity contribution in [3.63, 3.8) is 0 Å². The van der Waals surface area contributed by atoms with E-state index in [-0.39, 0.29) is 11.2 Å². The largest absolute Gasteiger partial charge is 0.355 e. The number of rotatable bonds is 7. The maximum absolute atomic E-state index is 12.1. The Labute approximate surface area is 137 Å². The van der Waals surface area contributed by atoms with Crippen LogP contribution >= 0.6 is 11.8 Å². The Morgan fingerprint density at radius 1 is 1.09 bits per heavy atom. The van der Waals surface area contributed by atoms with Crippen molar-refractivity contribution in [3.05, 3.63) is 65.7 Å². The van der Waals surface area contributed by atoms with Crippen LogP contribution in [-0.2, 0) is 11.2 Å². The van der Waals surface area contributed by atoms with Crippen molar-refractivity contribution in [2.75, 3.05) is 6.54 Å². The van der Waals surface area contributed by atoms with Gasteiger partial charge >= 0.3 is 0 Å². The Balaban J connectivity index is 1.67. The van der Waals surface area contributed by atoms with Crippen molar-refractivity contribution in [2.24, 2.45) is 0 Å². The van der Waals surface area contributed by atoms with E-state index in [1.54, 1.807) is 11.8 Å². The fraction of sp³-hybridized carbons (Fsp3) is 0.316. The second kappa shape index (κ2) is 8.64. The first-order chi connectivity index (χ1) is 10.6. The first kappa shape index (κ1) is 16.6. The van der Waals surface area contributed by atoms with Crippen LogP contribution in [-0.4, -0.2) is 17.7 Å². The molecular weight excluding hydrogens is 290 g/mol. The first-order valence-corrected chi connectivity index (χ1v) is 8.58. The molecule has 0 aromatic heterocycles. The van der Waals surface area contributed by atoms with E-state index in [9.17, 15) is 4.79 Å². The molecule has 0 saturated carbocycles. The van der Waals surface area contributed by atoms with Crippen molar-refractivity contribution < 1.29 is 4.79 Å². The van der Waals surface area contributed by atoms with Gasteiger partial charge in [0.1, 0.15) is 0 Å². The molecule has 1 atom stereocenters. The van der Waals surface area contributed by atoms with Crippen molar-refractivity contribution in [1.82, 2.24) is 5.32 Å². The molecule has 0 fully saturated rings. The predicted molar refractivity (Wildman–Crippen MR) is 94.3 cm³/mol. The molecule has 1 unspecified atom stereocenters. The van der Waals surface area contributed by atoms with Crippen LogP contribution in [0.15, 0.2) is 59.5 Å². The lowest BCUT2D eigenvalue weighted by Gasteiger charge is -2.12. The third-order valence-corrected chi connectivity index (χ3v) is 4.60. The van der Waals surface area contributed by atoms with Crippen LogP contribution in [0.25, 0.3) is 0 Å². The van der Waals surface area contributed by atoms with E-state index in [1.165, 1.54) is 11.1 Å². The highest BCUT2D eigenvalue weighted by Crippen LogP contribution is 2.22. The Morgan fingerprint density at radius 2 is 1.77 bits per heavy atom. The van der Waals surface area contributed by atoms with Gasteiger partial charge in [0, 0.05) is 11.4 Å². The highest BCUT2D eigenvalue weighted by atomic mass is 32.2. The number of amides is 1. The molecule has 0 saturated heterocycles. The van der Waals surface area contributed by atoms with Gasteiger partial charge in [-0.3, -0.25) is 4.79 Å². The van der Waals surface area contributed by atoms with Gasteiger partial charge in [-0.2, -0.15) is 0 Å². The molecule has 1 N–H and O–H groups in total. The highest BCUT2D eigenvalue weighted by molar-refractivity contribution is 8.00. The first-order valence-electron chi connectivity index (χ1n) is 7.70. The van der Waals surface area contributed by atoms with Gasteiger partial charge in [0.15, 0.2) is 0 Å². The molecular formula is C19H23NOS. The molecule has 2 aromatic rings. The summed E-state index contributed by atoms with van der Waals surface area (Å²) in [5.41, 5.74) is 2.61. The Bertz CT molecular complexity index is 580. The molecule has 2 aromatic carbocycles. The SMILES string of the molecule is Cc1ccc(CCCNC(=O)C(C)Sc2ccccc2)cc1. The number of hydrogen-bond acceptors (Lipinski definition) is 2. The van der Waals surface area contributed by atoms with Crippen LogP contribution in [0.5, 0.6) is 0 Å². The quantitative estimate of drug-likeness (QED) is 0.612. The van der Waals surface area contributed by atoms with Crippen molar-refractivity contribution >= 4 is 17.7 Å². The molecule has 0 aliphatic heterocycles. The maximum atomic E-state index is 12.1. The summed E-state index contributed by atoms with van der Waals surface area (Å²) in [5, 5.41) is 2.96. The maximum Gasteiger partial charge on any atom is 0.233 e. The van der Waals surface area contributed by atoms with Gasteiger partial charge in [0.2, 0.25) is 5.91 Å². The number of hydrogen-bond donors (Lipinski definition) is 1. The number of carbonyl (C=O) groups excluding carboxylic acids is 1. The van der Waals surface area contributed by atoms with Crippen LogP contribution in [0.2, 0.25) is 0 Å². The predicted octanol–water partition coefficient (Wildman–Crippen LogP) is 4.22. The highest BCUT2D eigenvalue weighted by Gasteiger charge is 2.13. The van der Waals surface area contributed by atoms with Gasteiger partial charge < -0.3 is 5.32 Å². The third kappa shape index (κ3) is 5.57. The molecule has 0 spiro atoms. The molecule has 0 radical (unpaired) electrons. The minimum absolute atomic E-state index is 0.0678. The smallest absolute Gasteiger partial charge is 0.233 e. The van der Waals surface area contributed by atoms with Crippen LogP contribution in [0.1, 0.15) is 24.5 Å². The Morgan fingerprint density at radius 3 is 2.45 bits per heavy atom. The molecule has 0 bridgehead atoms. The zero-order chi connectivity index (χ0) is 15.8. The average molecular weight is 313 g/mol. The molecule has 116 valence electrons. The zero-order valence-electron chi connectivity index (χ0n) is 13.2. The second-order valence-electron chi connectivity index (χ2n) is 5.45. The van der Waals surface area contributed by atoms with Crippen LogP contribution in [0, 0.1) is 6.92 Å². The molecule has 1 amide bonds. The second-order valence-corrected chi connectivity index (χ2v) is 6.87. The van der Waals surface area contributed by atoms with E-state index in [4.69, 9.17) is 0 Å². The summed E-state index contributed by atoms with van der Waals surface area (Å²) in [4.78, 5) is 13.2. The minimum Gasteiger partial charge on any atom is -0.355 e. The van der Waals surface area contributed by atoms with E-state index in [1.807, 2.05) is 37.3 Å². The van der Waals surface area contributed by atoms with Crippen LogP contribution in [0.4, 0.5) is 0 Å². The standard InChI is InChI=1S/C19H23NOS/c1-15-10-12-17(13-11-15)7-6-14-20-19(21)16(2)22-18-8-4-3-5-9-18/h3-5,8-13,16H,6-7,14H2,1-2H3,(H,20,21). The number of benzene rings is 2. The lowest BCUT2D eigenvalue weighted by molar-refractivity contribution is -0.120. The molecule has 0 aliphatic rings. The summed E-state index contributed by atoms with van der Waals surface area (Å²) in [6.07, 6.45) is 1.97. The van der Waals surface area contributed by atoms with E-state index in [2.05, 4.69) is 36.5 Å². The molecule has 0 aliphatic carbocycles. The van der Waals surface area contributed by atoms with E-state index < -0.39 is 0 Å². The topological polar surface area (TPSA) is 29.1 Å². The van der Waals surface area contributed by atoms with Gasteiger partial charge in [-0.25, -0.2) is 0 Å². The van der Waals surface area contributed by atoms with E-state index >= 15 is 0 Å². The molecule has 2 nitrogen and oxygen atoms in total. The lowest BCUT2D eigenvalue weighted by atomic mass is 10.1. The normalized spacial score (nSPS) is 11.9. The Kier molecular flexibility index (Phi) is 6.53. The molecule has 2 rings (SSSR count). The zero-order valence-corrected chi connectivity index (χ0v) is 14.0. The summed E-state index contributed by atoms with van der Waals surface area (Å²) < 4.78 is 0. The van der Waals surface area contributed by atoms with E-state index in [0.29, 0.717) is 0 Å². The summed E-state index contributed by atoms with van der Waals surface area (Å²) in [5.74, 6) is 0.109. The Hall–Kier alpha value is -1.74. The van der Waals surface area contributed by atoms with Crippen LogP contribution in [0.3, 0.4) is 0 Å². The van der Waals surface area contributed by atoms with Crippen LogP contribution < -0.4 is 5.32 Å². The monoisotopic (exact) mass is 313 g/mol. The van der Waals surface area contributed by atoms with Gasteiger partial charge in [-0.1, -0.05) is 48.0 Å². The molecule has 22 heavy (non-hydrogen) atoms.